The number of ether oxygens (including phenoxy) is 1. The van der Waals surface area contributed by atoms with E-state index in [1.165, 1.54) is 25.0 Å². The number of anilines is 1. The molecule has 0 aliphatic heterocycles. The van der Waals surface area contributed by atoms with Crippen LogP contribution in [0, 0.1) is 11.7 Å². The second kappa shape index (κ2) is 8.14. The van der Waals surface area contributed by atoms with Crippen LogP contribution >= 0.6 is 23.2 Å². The van der Waals surface area contributed by atoms with Gasteiger partial charge in [-0.15, -0.1) is 0 Å². The molecule has 1 aliphatic rings. The monoisotopic (exact) mass is 397 g/mol. The zero-order valence-corrected chi connectivity index (χ0v) is 15.4. The Hall–Kier alpha value is -1.98. The summed E-state index contributed by atoms with van der Waals surface area (Å²) in [5, 5.41) is 12.4. The average Bonchev–Trinajstić information content (AvgIpc) is 3.38. The SMILES string of the molecule is O=C(O)Cc1cc(Cl)c(OCc2cccc(NCC3CC3)c2F)c(Cl)c1. The van der Waals surface area contributed by atoms with Gasteiger partial charge in [0.05, 0.1) is 22.2 Å². The van der Waals surface area contributed by atoms with E-state index >= 15 is 0 Å². The maximum atomic E-state index is 14.6. The number of carbonyl (C=O) groups is 1. The second-order valence-electron chi connectivity index (χ2n) is 6.35. The number of carboxylic acid groups (broad SMARTS) is 1. The summed E-state index contributed by atoms with van der Waals surface area (Å²) >= 11 is 12.3. The van der Waals surface area contributed by atoms with Crippen molar-refractivity contribution in [3.8, 4) is 5.75 Å². The minimum Gasteiger partial charge on any atom is -0.486 e. The maximum Gasteiger partial charge on any atom is 0.307 e. The van der Waals surface area contributed by atoms with E-state index < -0.39 is 5.97 Å². The van der Waals surface area contributed by atoms with Gasteiger partial charge in [0.2, 0.25) is 0 Å². The quantitative estimate of drug-likeness (QED) is 0.645. The lowest BCUT2D eigenvalue weighted by atomic mass is 10.1. The summed E-state index contributed by atoms with van der Waals surface area (Å²) in [6, 6.07) is 8.07. The van der Waals surface area contributed by atoms with Gasteiger partial charge < -0.3 is 15.2 Å². The van der Waals surface area contributed by atoms with Gasteiger partial charge in [0.1, 0.15) is 6.61 Å². The van der Waals surface area contributed by atoms with Gasteiger partial charge in [0.15, 0.2) is 11.6 Å². The highest BCUT2D eigenvalue weighted by Gasteiger charge is 2.21. The molecule has 0 atom stereocenters. The van der Waals surface area contributed by atoms with Crippen molar-refractivity contribution in [3.63, 3.8) is 0 Å². The van der Waals surface area contributed by atoms with Gasteiger partial charge in [-0.1, -0.05) is 35.3 Å². The van der Waals surface area contributed by atoms with Crippen LogP contribution in [0.4, 0.5) is 10.1 Å². The molecule has 26 heavy (non-hydrogen) atoms. The van der Waals surface area contributed by atoms with E-state index in [4.69, 9.17) is 33.0 Å². The van der Waals surface area contributed by atoms with Crippen molar-refractivity contribution in [1.82, 2.24) is 0 Å². The minimum absolute atomic E-state index is 0.0392. The first-order chi connectivity index (χ1) is 12.4. The molecule has 2 aromatic rings. The highest BCUT2D eigenvalue weighted by molar-refractivity contribution is 6.37. The molecule has 7 heteroatoms. The highest BCUT2D eigenvalue weighted by Crippen LogP contribution is 2.35. The molecular weight excluding hydrogens is 380 g/mol. The predicted molar refractivity (Wildman–Crippen MR) is 99.7 cm³/mol. The molecule has 0 bridgehead atoms. The molecule has 2 aromatic carbocycles. The van der Waals surface area contributed by atoms with Crippen molar-refractivity contribution in [2.75, 3.05) is 11.9 Å². The molecule has 0 aromatic heterocycles. The lowest BCUT2D eigenvalue weighted by Gasteiger charge is -2.14. The van der Waals surface area contributed by atoms with Gasteiger partial charge in [0.25, 0.3) is 0 Å². The van der Waals surface area contributed by atoms with E-state index in [1.54, 1.807) is 18.2 Å². The highest BCUT2D eigenvalue weighted by atomic mass is 35.5. The average molecular weight is 398 g/mol. The van der Waals surface area contributed by atoms with Crippen LogP contribution in [0.1, 0.15) is 24.0 Å². The van der Waals surface area contributed by atoms with Crippen molar-refractivity contribution < 1.29 is 19.0 Å². The molecule has 1 aliphatic carbocycles. The largest absolute Gasteiger partial charge is 0.486 e. The number of halogens is 3. The maximum absolute atomic E-state index is 14.6. The molecule has 1 fully saturated rings. The Morgan fingerprint density at radius 2 is 1.96 bits per heavy atom. The van der Waals surface area contributed by atoms with E-state index in [0.29, 0.717) is 22.7 Å². The number of carboxylic acids is 1. The molecule has 0 spiro atoms. The van der Waals surface area contributed by atoms with E-state index in [9.17, 15) is 9.18 Å². The Balaban J connectivity index is 1.70. The van der Waals surface area contributed by atoms with Crippen LogP contribution < -0.4 is 10.1 Å². The Morgan fingerprint density at radius 1 is 1.27 bits per heavy atom. The van der Waals surface area contributed by atoms with Gasteiger partial charge in [-0.05, 0) is 42.5 Å². The fourth-order valence-electron chi connectivity index (χ4n) is 2.58. The Kier molecular flexibility index (Phi) is 5.89. The Labute approximate surface area is 160 Å². The molecule has 0 unspecified atom stereocenters. The predicted octanol–water partition coefficient (Wildman–Crippen LogP) is 5.16. The first-order valence-electron chi connectivity index (χ1n) is 8.28. The normalized spacial score (nSPS) is 13.5. The molecule has 2 N–H and O–H groups in total. The molecule has 4 nitrogen and oxygen atoms in total. The van der Waals surface area contributed by atoms with Crippen LogP contribution in [0.3, 0.4) is 0 Å². The third kappa shape index (κ3) is 4.80. The molecular formula is C19H18Cl2FNO3. The summed E-state index contributed by atoms with van der Waals surface area (Å²) in [5.74, 6) is -0.499. The van der Waals surface area contributed by atoms with Crippen LogP contribution in [-0.4, -0.2) is 17.6 Å². The first kappa shape index (κ1) is 18.8. The molecule has 1 saturated carbocycles. The summed E-state index contributed by atoms with van der Waals surface area (Å²) < 4.78 is 20.2. The second-order valence-corrected chi connectivity index (χ2v) is 7.17. The smallest absolute Gasteiger partial charge is 0.307 e. The van der Waals surface area contributed by atoms with Gasteiger partial charge in [0, 0.05) is 12.1 Å². The number of rotatable bonds is 8. The molecule has 0 saturated heterocycles. The van der Waals surface area contributed by atoms with Gasteiger partial charge in [-0.3, -0.25) is 4.79 Å². The fourth-order valence-corrected chi connectivity index (χ4v) is 3.22. The lowest BCUT2D eigenvalue weighted by Crippen LogP contribution is -2.08. The Bertz CT molecular complexity index is 801. The number of hydrogen-bond acceptors (Lipinski definition) is 3. The standard InChI is InChI=1S/C19H18Cl2FNO3/c20-14-6-12(8-17(24)25)7-15(21)19(14)26-10-13-2-1-3-16(18(13)22)23-9-11-4-5-11/h1-3,6-7,11,23H,4-5,8-10H2,(H,24,25). The third-order valence-electron chi connectivity index (χ3n) is 4.14. The number of benzene rings is 2. The summed E-state index contributed by atoms with van der Waals surface area (Å²) in [7, 11) is 0. The van der Waals surface area contributed by atoms with Gasteiger partial charge in [-0.2, -0.15) is 0 Å². The summed E-state index contributed by atoms with van der Waals surface area (Å²) in [5.41, 5.74) is 1.30. The van der Waals surface area contributed by atoms with Crippen LogP contribution in [0.25, 0.3) is 0 Å². The lowest BCUT2D eigenvalue weighted by molar-refractivity contribution is -0.136. The van der Waals surface area contributed by atoms with Crippen LogP contribution in [-0.2, 0) is 17.8 Å². The third-order valence-corrected chi connectivity index (χ3v) is 4.70. The minimum atomic E-state index is -0.983. The van der Waals surface area contributed by atoms with Crippen molar-refractivity contribution >= 4 is 34.9 Å². The molecule has 3 rings (SSSR count). The summed E-state index contributed by atoms with van der Waals surface area (Å²) in [6.45, 7) is 0.729. The number of hydrogen-bond donors (Lipinski definition) is 2. The van der Waals surface area contributed by atoms with Crippen LogP contribution in [0.2, 0.25) is 10.0 Å². The van der Waals surface area contributed by atoms with Gasteiger partial charge in [-0.25, -0.2) is 4.39 Å². The molecule has 0 amide bonds. The van der Waals surface area contributed by atoms with Crippen molar-refractivity contribution in [2.45, 2.75) is 25.9 Å². The molecule has 0 heterocycles. The van der Waals surface area contributed by atoms with Gasteiger partial charge >= 0.3 is 5.97 Å². The van der Waals surface area contributed by atoms with E-state index in [0.717, 1.165) is 6.54 Å². The molecule has 0 radical (unpaired) electrons. The van der Waals surface area contributed by atoms with E-state index in [2.05, 4.69) is 5.32 Å². The zero-order chi connectivity index (χ0) is 18.7. The zero-order valence-electron chi connectivity index (χ0n) is 13.9. The Morgan fingerprint density at radius 3 is 2.58 bits per heavy atom. The van der Waals surface area contributed by atoms with E-state index in [-0.39, 0.29) is 34.6 Å². The summed E-state index contributed by atoms with van der Waals surface area (Å²) in [4.78, 5) is 10.8. The number of aliphatic carboxylic acids is 1. The number of nitrogens with one attached hydrogen (secondary N) is 1. The van der Waals surface area contributed by atoms with Crippen molar-refractivity contribution in [3.05, 3.63) is 57.3 Å². The summed E-state index contributed by atoms with van der Waals surface area (Å²) in [6.07, 6.45) is 2.18. The van der Waals surface area contributed by atoms with Crippen LogP contribution in [0.15, 0.2) is 30.3 Å². The first-order valence-corrected chi connectivity index (χ1v) is 9.03. The van der Waals surface area contributed by atoms with Crippen molar-refractivity contribution in [2.24, 2.45) is 5.92 Å². The topological polar surface area (TPSA) is 58.6 Å². The van der Waals surface area contributed by atoms with Crippen LogP contribution in [0.5, 0.6) is 5.75 Å². The fraction of sp³-hybridized carbons (Fsp3) is 0.316. The molecule has 138 valence electrons. The van der Waals surface area contributed by atoms with E-state index in [1.807, 2.05) is 0 Å². The van der Waals surface area contributed by atoms with Crippen molar-refractivity contribution in [1.29, 1.82) is 0 Å².